The first-order valence-electron chi connectivity index (χ1n) is 13.5. The van der Waals surface area contributed by atoms with Gasteiger partial charge >= 0.3 is 0 Å². The van der Waals surface area contributed by atoms with Gasteiger partial charge < -0.3 is 5.73 Å². The molecule has 2 aliphatic rings. The lowest BCUT2D eigenvalue weighted by molar-refractivity contribution is -0.118. The maximum atomic E-state index is 14.3. The highest BCUT2D eigenvalue weighted by Crippen LogP contribution is 2.51. The van der Waals surface area contributed by atoms with E-state index >= 15 is 0 Å². The largest absolute Gasteiger partial charge is 0.384 e. The van der Waals surface area contributed by atoms with Crippen molar-refractivity contribution in [2.75, 3.05) is 4.90 Å². The number of thioether (sulfide) groups is 1. The van der Waals surface area contributed by atoms with Gasteiger partial charge in [-0.15, -0.1) is 11.8 Å². The average molecular weight is 552 g/mol. The van der Waals surface area contributed by atoms with Crippen LogP contribution in [0.25, 0.3) is 0 Å². The number of nitrogens with two attached hydrogens (primary N) is 1. The Kier molecular flexibility index (Phi) is 7.37. The number of ketones is 1. The number of allylic oxidation sites excluding steroid dienone is 3. The number of rotatable bonds is 5. The lowest BCUT2D eigenvalue weighted by Gasteiger charge is -2.44. The molecule has 6 heteroatoms. The molecule has 4 nitrogen and oxygen atoms in total. The Morgan fingerprint density at radius 2 is 1.77 bits per heavy atom. The third kappa shape index (κ3) is 5.19. The summed E-state index contributed by atoms with van der Waals surface area (Å²) in [6, 6.07) is 21.3. The molecule has 3 aromatic carbocycles. The Balaban J connectivity index is 1.66. The van der Waals surface area contributed by atoms with Crippen molar-refractivity contribution in [3.05, 3.63) is 117 Å². The number of carbonyl (C=O) groups is 1. The van der Waals surface area contributed by atoms with E-state index < -0.39 is 11.7 Å². The Morgan fingerprint density at radius 3 is 2.45 bits per heavy atom. The average Bonchev–Trinajstić information content (AvgIpc) is 2.88. The van der Waals surface area contributed by atoms with Crippen molar-refractivity contribution in [3.63, 3.8) is 0 Å². The lowest BCUT2D eigenvalue weighted by Crippen LogP contribution is -2.42. The second kappa shape index (κ2) is 10.6. The number of carbonyl (C=O) groups excluding carboxylic acids is 1. The molecule has 204 valence electrons. The van der Waals surface area contributed by atoms with Crippen LogP contribution < -0.4 is 10.6 Å². The van der Waals surface area contributed by atoms with Gasteiger partial charge in [-0.25, -0.2) is 4.39 Å². The van der Waals surface area contributed by atoms with E-state index in [1.165, 1.54) is 28.2 Å². The van der Waals surface area contributed by atoms with Crippen LogP contribution in [-0.4, -0.2) is 5.78 Å². The summed E-state index contributed by atoms with van der Waals surface area (Å²) in [6.07, 6.45) is 0.959. The highest BCUT2D eigenvalue weighted by atomic mass is 32.2. The number of anilines is 1. The molecule has 0 spiro atoms. The number of nitrogens with zero attached hydrogens (tertiary/aromatic N) is 2. The molecule has 1 unspecified atom stereocenters. The topological polar surface area (TPSA) is 70.1 Å². The van der Waals surface area contributed by atoms with Crippen LogP contribution >= 0.6 is 11.8 Å². The third-order valence-electron chi connectivity index (χ3n) is 7.90. The number of nitriles is 1. The molecular weight excluding hydrogens is 517 g/mol. The van der Waals surface area contributed by atoms with Gasteiger partial charge in [0.2, 0.25) is 0 Å². The van der Waals surface area contributed by atoms with E-state index in [2.05, 4.69) is 70.2 Å². The van der Waals surface area contributed by atoms with Gasteiger partial charge in [0.25, 0.3) is 0 Å². The zero-order valence-corrected chi connectivity index (χ0v) is 24.5. The molecular formula is C34H34FN3OS. The number of aryl methyl sites for hydroxylation is 3. The molecule has 1 aliphatic carbocycles. The molecule has 1 aliphatic heterocycles. The smallest absolute Gasteiger partial charge is 0.162 e. The first kappa shape index (κ1) is 27.7. The first-order chi connectivity index (χ1) is 19.0. The zero-order valence-electron chi connectivity index (χ0n) is 23.6. The minimum Gasteiger partial charge on any atom is -0.384 e. The molecule has 2 N–H and O–H groups in total. The van der Waals surface area contributed by atoms with Crippen LogP contribution in [0.1, 0.15) is 60.4 Å². The van der Waals surface area contributed by atoms with E-state index in [1.54, 1.807) is 28.8 Å². The van der Waals surface area contributed by atoms with Crippen LogP contribution in [0.15, 0.2) is 88.2 Å². The van der Waals surface area contributed by atoms with Gasteiger partial charge in [-0.05, 0) is 85.2 Å². The minimum absolute atomic E-state index is 0.00783. The molecule has 0 amide bonds. The van der Waals surface area contributed by atoms with Crippen molar-refractivity contribution in [3.8, 4) is 6.07 Å². The van der Waals surface area contributed by atoms with Gasteiger partial charge in [0.05, 0.1) is 23.2 Å². The van der Waals surface area contributed by atoms with Crippen LogP contribution in [0, 0.1) is 43.3 Å². The third-order valence-corrected chi connectivity index (χ3v) is 8.96. The van der Waals surface area contributed by atoms with Gasteiger partial charge in [0.15, 0.2) is 5.78 Å². The summed E-state index contributed by atoms with van der Waals surface area (Å²) in [7, 11) is 0. The Labute approximate surface area is 240 Å². The highest BCUT2D eigenvalue weighted by Gasteiger charge is 2.45. The Morgan fingerprint density at radius 1 is 1.05 bits per heavy atom. The summed E-state index contributed by atoms with van der Waals surface area (Å²) in [6.45, 7) is 10.3. The molecule has 40 heavy (non-hydrogen) atoms. The molecule has 0 aromatic heterocycles. The predicted molar refractivity (Wildman–Crippen MR) is 160 cm³/mol. The van der Waals surface area contributed by atoms with Crippen molar-refractivity contribution >= 4 is 23.2 Å². The second-order valence-electron chi connectivity index (χ2n) is 11.7. The molecule has 1 atom stereocenters. The van der Waals surface area contributed by atoms with Gasteiger partial charge in [-0.1, -0.05) is 49.7 Å². The summed E-state index contributed by atoms with van der Waals surface area (Å²) in [5, 5.41) is 10.5. The molecule has 0 radical (unpaired) electrons. The first-order valence-corrected chi connectivity index (χ1v) is 14.5. The number of hydrogen-bond acceptors (Lipinski definition) is 5. The molecule has 5 rings (SSSR count). The molecule has 0 bridgehead atoms. The monoisotopic (exact) mass is 551 g/mol. The molecule has 0 saturated carbocycles. The van der Waals surface area contributed by atoms with E-state index in [-0.39, 0.29) is 17.0 Å². The number of benzene rings is 3. The molecule has 1 heterocycles. The Bertz CT molecular complexity index is 1610. The van der Waals surface area contributed by atoms with Crippen LogP contribution in [-0.2, 0) is 10.5 Å². The van der Waals surface area contributed by atoms with E-state index in [9.17, 15) is 14.4 Å². The van der Waals surface area contributed by atoms with E-state index in [0.717, 1.165) is 28.1 Å². The predicted octanol–water partition coefficient (Wildman–Crippen LogP) is 7.98. The van der Waals surface area contributed by atoms with E-state index in [0.29, 0.717) is 29.7 Å². The van der Waals surface area contributed by atoms with Crippen LogP contribution in [0.3, 0.4) is 0 Å². The maximum Gasteiger partial charge on any atom is 0.162 e. The normalized spacial score (nSPS) is 18.6. The van der Waals surface area contributed by atoms with Crippen molar-refractivity contribution < 1.29 is 9.18 Å². The minimum atomic E-state index is -0.572. The summed E-state index contributed by atoms with van der Waals surface area (Å²) in [5.74, 6) is 0.0428. The van der Waals surface area contributed by atoms with Crippen molar-refractivity contribution in [2.24, 2.45) is 11.1 Å². The molecule has 0 saturated heterocycles. The van der Waals surface area contributed by atoms with Crippen LogP contribution in [0.4, 0.5) is 10.1 Å². The number of Topliss-reactive ketones (excluding diaryl/α,β-unsaturated/α-hetero) is 1. The summed E-state index contributed by atoms with van der Waals surface area (Å²) >= 11 is 1.76. The van der Waals surface area contributed by atoms with Gasteiger partial charge in [-0.2, -0.15) is 5.26 Å². The quantitative estimate of drug-likeness (QED) is 0.326. The summed E-state index contributed by atoms with van der Waals surface area (Å²) in [4.78, 5) is 16.8. The number of halogens is 1. The lowest BCUT2D eigenvalue weighted by atomic mass is 9.68. The molecule has 0 fully saturated rings. The van der Waals surface area contributed by atoms with Gasteiger partial charge in [0, 0.05) is 28.3 Å². The maximum absolute atomic E-state index is 14.3. The van der Waals surface area contributed by atoms with Crippen LogP contribution in [0.5, 0.6) is 0 Å². The van der Waals surface area contributed by atoms with Crippen molar-refractivity contribution in [1.82, 2.24) is 0 Å². The SMILES string of the molecule is Cc1ccc(SCc2cc(C3C(C#N)=C(N)N(c4cccc(F)c4)C4=C3C(=O)CC(C)(C)C4)c(C)cc2C)cc1. The highest BCUT2D eigenvalue weighted by molar-refractivity contribution is 7.98. The zero-order chi connectivity index (χ0) is 28.8. The fraction of sp³-hybridized carbons (Fsp3) is 0.294. The standard InChI is InChI=1S/C34H34FN3OS/c1-20-9-11-26(12-10-20)40-19-23-14-27(22(3)13-21(23)2)31-28(18-36)33(37)38(25-8-6-7-24(35)15-25)29-16-34(4,5)17-30(39)32(29)31/h6-15,31H,16-17,19,37H2,1-5H3. The van der Waals surface area contributed by atoms with Crippen LogP contribution in [0.2, 0.25) is 0 Å². The molecule has 3 aromatic rings. The van der Waals surface area contributed by atoms with Gasteiger partial charge in [0.1, 0.15) is 11.6 Å². The van der Waals surface area contributed by atoms with E-state index in [4.69, 9.17) is 5.73 Å². The van der Waals surface area contributed by atoms with Crippen molar-refractivity contribution in [1.29, 1.82) is 5.26 Å². The Hall–Kier alpha value is -3.82. The second-order valence-corrected chi connectivity index (χ2v) is 12.7. The fourth-order valence-corrected chi connectivity index (χ4v) is 6.87. The van der Waals surface area contributed by atoms with Gasteiger partial charge in [-0.3, -0.25) is 9.69 Å². The van der Waals surface area contributed by atoms with Crippen molar-refractivity contribution in [2.45, 2.75) is 64.0 Å². The number of hydrogen-bond donors (Lipinski definition) is 1. The summed E-state index contributed by atoms with van der Waals surface area (Å²) < 4.78 is 14.3. The van der Waals surface area contributed by atoms with E-state index in [1.807, 2.05) is 6.92 Å². The summed E-state index contributed by atoms with van der Waals surface area (Å²) in [5.41, 5.74) is 14.1. The fourth-order valence-electron chi connectivity index (χ4n) is 5.91.